The number of nitrogens with zero attached hydrogens (tertiary/aromatic N) is 3. The highest BCUT2D eigenvalue weighted by Gasteiger charge is 2.19. The molecule has 0 N–H and O–H groups in total. The molecule has 6 heteroatoms. The third-order valence-corrected chi connectivity index (χ3v) is 4.29. The van der Waals surface area contributed by atoms with Crippen molar-refractivity contribution in [3.8, 4) is 5.88 Å². The third-order valence-electron chi connectivity index (χ3n) is 3.42. The fourth-order valence-electron chi connectivity index (χ4n) is 2.33. The molecule has 0 saturated carbocycles. The molecule has 0 spiro atoms. The molecule has 0 bridgehead atoms. The standard InChI is InChI=1S/C14H16ClN3OS/c15-12-7-3-2-6-11(12)10-19-14-13(16-20-17-14)18-8-4-1-5-9-18/h2-3,6-7H,1,4-5,8-10H2. The second-order valence-corrected chi connectivity index (χ2v) is 5.76. The highest BCUT2D eigenvalue weighted by molar-refractivity contribution is 6.99. The van der Waals surface area contributed by atoms with Crippen LogP contribution in [0.2, 0.25) is 5.02 Å². The Balaban J connectivity index is 1.69. The normalized spacial score (nSPS) is 15.3. The van der Waals surface area contributed by atoms with Crippen LogP contribution in [0.1, 0.15) is 24.8 Å². The van der Waals surface area contributed by atoms with Crippen LogP contribution in [-0.4, -0.2) is 21.8 Å². The Morgan fingerprint density at radius 3 is 2.75 bits per heavy atom. The third kappa shape index (κ3) is 3.04. The summed E-state index contributed by atoms with van der Waals surface area (Å²) < 4.78 is 14.4. The van der Waals surface area contributed by atoms with Crippen LogP contribution in [0.5, 0.6) is 5.88 Å². The monoisotopic (exact) mass is 309 g/mol. The number of aromatic nitrogens is 2. The number of rotatable bonds is 4. The maximum atomic E-state index is 6.13. The summed E-state index contributed by atoms with van der Waals surface area (Å²) in [5.41, 5.74) is 0.965. The number of benzene rings is 1. The van der Waals surface area contributed by atoms with Crippen LogP contribution in [-0.2, 0) is 6.61 Å². The zero-order valence-electron chi connectivity index (χ0n) is 11.1. The van der Waals surface area contributed by atoms with Crippen molar-refractivity contribution >= 4 is 29.1 Å². The maximum Gasteiger partial charge on any atom is 0.271 e. The maximum absolute atomic E-state index is 6.13. The molecule has 1 aliphatic rings. The molecule has 0 unspecified atom stereocenters. The van der Waals surface area contributed by atoms with Crippen LogP contribution in [0.4, 0.5) is 5.82 Å². The first-order valence-electron chi connectivity index (χ1n) is 6.78. The quantitative estimate of drug-likeness (QED) is 0.862. The molecule has 1 aromatic heterocycles. The molecular formula is C14H16ClN3OS. The molecule has 0 atom stereocenters. The van der Waals surface area contributed by atoms with Crippen molar-refractivity contribution in [1.82, 2.24) is 8.75 Å². The summed E-state index contributed by atoms with van der Waals surface area (Å²) in [5.74, 6) is 1.50. The van der Waals surface area contributed by atoms with Crippen LogP contribution in [0.3, 0.4) is 0 Å². The molecule has 1 aliphatic heterocycles. The second-order valence-electron chi connectivity index (χ2n) is 4.82. The van der Waals surface area contributed by atoms with Crippen LogP contribution in [0.25, 0.3) is 0 Å². The number of piperidine rings is 1. The van der Waals surface area contributed by atoms with Crippen molar-refractivity contribution < 1.29 is 4.74 Å². The van der Waals surface area contributed by atoms with Crippen molar-refractivity contribution in [3.05, 3.63) is 34.9 Å². The fourth-order valence-corrected chi connectivity index (χ4v) is 3.04. The van der Waals surface area contributed by atoms with E-state index in [1.807, 2.05) is 24.3 Å². The van der Waals surface area contributed by atoms with E-state index in [1.165, 1.54) is 31.0 Å². The van der Waals surface area contributed by atoms with Crippen molar-refractivity contribution in [3.63, 3.8) is 0 Å². The van der Waals surface area contributed by atoms with Gasteiger partial charge in [-0.05, 0) is 25.3 Å². The predicted molar refractivity (Wildman–Crippen MR) is 81.8 cm³/mol. The van der Waals surface area contributed by atoms with E-state index in [0.717, 1.165) is 29.5 Å². The van der Waals surface area contributed by atoms with Gasteiger partial charge in [-0.1, -0.05) is 29.8 Å². The zero-order chi connectivity index (χ0) is 13.8. The number of hydrogen-bond donors (Lipinski definition) is 0. The van der Waals surface area contributed by atoms with E-state index in [-0.39, 0.29) is 0 Å². The SMILES string of the molecule is Clc1ccccc1COc1nsnc1N1CCCCC1. The van der Waals surface area contributed by atoms with Gasteiger partial charge in [0, 0.05) is 23.7 Å². The van der Waals surface area contributed by atoms with Crippen molar-refractivity contribution in [1.29, 1.82) is 0 Å². The Bertz CT molecular complexity index is 569. The first kappa shape index (κ1) is 13.6. The molecule has 1 fully saturated rings. The van der Waals surface area contributed by atoms with Gasteiger partial charge in [0.15, 0.2) is 0 Å². The zero-order valence-corrected chi connectivity index (χ0v) is 12.7. The minimum atomic E-state index is 0.423. The molecule has 20 heavy (non-hydrogen) atoms. The minimum absolute atomic E-state index is 0.423. The summed E-state index contributed by atoms with van der Waals surface area (Å²) in [6.45, 7) is 2.49. The van der Waals surface area contributed by atoms with Gasteiger partial charge in [0.05, 0.1) is 11.7 Å². The van der Waals surface area contributed by atoms with E-state index in [0.29, 0.717) is 12.5 Å². The second kappa shape index (κ2) is 6.41. The minimum Gasteiger partial charge on any atom is -0.469 e. The van der Waals surface area contributed by atoms with E-state index in [1.54, 1.807) is 0 Å². The Labute approximate surface area is 127 Å². The highest BCUT2D eigenvalue weighted by atomic mass is 35.5. The van der Waals surface area contributed by atoms with Crippen molar-refractivity contribution in [2.45, 2.75) is 25.9 Å². The summed E-state index contributed by atoms with van der Waals surface area (Å²) >= 11 is 7.33. The van der Waals surface area contributed by atoms with Gasteiger partial charge in [-0.2, -0.15) is 4.37 Å². The van der Waals surface area contributed by atoms with E-state index in [2.05, 4.69) is 13.6 Å². The van der Waals surface area contributed by atoms with Gasteiger partial charge in [0.2, 0.25) is 5.82 Å². The largest absolute Gasteiger partial charge is 0.469 e. The summed E-state index contributed by atoms with van der Waals surface area (Å²) in [5, 5.41) is 0.718. The molecule has 1 saturated heterocycles. The lowest BCUT2D eigenvalue weighted by Crippen LogP contribution is -2.30. The number of halogens is 1. The Morgan fingerprint density at radius 2 is 1.95 bits per heavy atom. The summed E-state index contributed by atoms with van der Waals surface area (Å²) in [6, 6.07) is 7.69. The van der Waals surface area contributed by atoms with Crippen LogP contribution >= 0.6 is 23.3 Å². The molecule has 2 aromatic rings. The van der Waals surface area contributed by atoms with Gasteiger partial charge >= 0.3 is 0 Å². The molecule has 2 heterocycles. The summed E-state index contributed by atoms with van der Waals surface area (Å²) in [7, 11) is 0. The molecule has 0 radical (unpaired) electrons. The summed E-state index contributed by atoms with van der Waals surface area (Å²) in [6.07, 6.45) is 3.72. The van der Waals surface area contributed by atoms with Crippen molar-refractivity contribution in [2.24, 2.45) is 0 Å². The van der Waals surface area contributed by atoms with Gasteiger partial charge in [-0.25, -0.2) is 0 Å². The topological polar surface area (TPSA) is 38.3 Å². The van der Waals surface area contributed by atoms with E-state index >= 15 is 0 Å². The number of ether oxygens (including phenoxy) is 1. The average molecular weight is 310 g/mol. The van der Waals surface area contributed by atoms with Gasteiger partial charge in [-0.15, -0.1) is 4.37 Å². The van der Waals surface area contributed by atoms with Gasteiger partial charge in [0.1, 0.15) is 6.61 Å². The molecule has 0 aliphatic carbocycles. The molecule has 3 rings (SSSR count). The van der Waals surface area contributed by atoms with Crippen molar-refractivity contribution in [2.75, 3.05) is 18.0 Å². The van der Waals surface area contributed by atoms with Gasteiger partial charge in [-0.3, -0.25) is 0 Å². The van der Waals surface area contributed by atoms with Gasteiger partial charge in [0.25, 0.3) is 5.88 Å². The van der Waals surface area contributed by atoms with Gasteiger partial charge < -0.3 is 9.64 Å². The molecule has 0 amide bonds. The number of anilines is 1. The lowest BCUT2D eigenvalue weighted by atomic mass is 10.1. The molecule has 4 nitrogen and oxygen atoms in total. The Hall–Kier alpha value is -1.33. The molecular weight excluding hydrogens is 294 g/mol. The van der Waals surface area contributed by atoms with E-state index < -0.39 is 0 Å². The summed E-state index contributed by atoms with van der Waals surface area (Å²) in [4.78, 5) is 2.26. The van der Waals surface area contributed by atoms with Crippen LogP contribution in [0, 0.1) is 0 Å². The first-order chi connectivity index (χ1) is 9.84. The first-order valence-corrected chi connectivity index (χ1v) is 7.89. The van der Waals surface area contributed by atoms with Crippen LogP contribution < -0.4 is 9.64 Å². The molecule has 1 aromatic carbocycles. The molecule has 106 valence electrons. The fraction of sp³-hybridized carbons (Fsp3) is 0.429. The predicted octanol–water partition coefficient (Wildman–Crippen LogP) is 3.76. The smallest absolute Gasteiger partial charge is 0.271 e. The number of hydrogen-bond acceptors (Lipinski definition) is 5. The Morgan fingerprint density at radius 1 is 1.15 bits per heavy atom. The van der Waals surface area contributed by atoms with E-state index in [4.69, 9.17) is 16.3 Å². The Kier molecular flexibility index (Phi) is 4.38. The average Bonchev–Trinajstić information content (AvgIpc) is 2.96. The highest BCUT2D eigenvalue weighted by Crippen LogP contribution is 2.29. The lowest BCUT2D eigenvalue weighted by Gasteiger charge is -2.26. The van der Waals surface area contributed by atoms with E-state index in [9.17, 15) is 0 Å². The van der Waals surface area contributed by atoms with Crippen LogP contribution in [0.15, 0.2) is 24.3 Å². The lowest BCUT2D eigenvalue weighted by molar-refractivity contribution is 0.296.